The third-order valence-corrected chi connectivity index (χ3v) is 7.32. The lowest BCUT2D eigenvalue weighted by Gasteiger charge is -2.18. The van der Waals surface area contributed by atoms with Crippen molar-refractivity contribution in [2.45, 2.75) is 142 Å². The molecule has 0 aromatic carbocycles. The van der Waals surface area contributed by atoms with Gasteiger partial charge in [0.1, 0.15) is 0 Å². The van der Waals surface area contributed by atoms with Crippen molar-refractivity contribution in [3.05, 3.63) is 0 Å². The van der Waals surface area contributed by atoms with Crippen molar-refractivity contribution in [3.63, 3.8) is 0 Å². The lowest BCUT2D eigenvalue weighted by molar-refractivity contribution is 0.336. The zero-order valence-corrected chi connectivity index (χ0v) is 22.4. The first-order valence-electron chi connectivity index (χ1n) is 14.0. The molecule has 0 fully saturated rings. The molecule has 2 N–H and O–H groups in total. The van der Waals surface area contributed by atoms with Crippen molar-refractivity contribution < 1.29 is 13.0 Å². The van der Waals surface area contributed by atoms with Crippen LogP contribution in [0.15, 0.2) is 0 Å². The highest BCUT2D eigenvalue weighted by atomic mass is 32.2. The zero-order valence-electron chi connectivity index (χ0n) is 21.6. The summed E-state index contributed by atoms with van der Waals surface area (Å²) in [5.41, 5.74) is 0. The van der Waals surface area contributed by atoms with Crippen LogP contribution in [-0.2, 0) is 10.3 Å². The molecular formula is C26H56N2O3S. The van der Waals surface area contributed by atoms with Crippen molar-refractivity contribution in [1.29, 1.82) is 0 Å². The van der Waals surface area contributed by atoms with Crippen LogP contribution in [0.5, 0.6) is 0 Å². The maximum atomic E-state index is 11.6. The van der Waals surface area contributed by atoms with Crippen LogP contribution < -0.4 is 5.32 Å². The molecule has 0 spiro atoms. The van der Waals surface area contributed by atoms with Gasteiger partial charge in [-0.15, -0.1) is 0 Å². The lowest BCUT2D eigenvalue weighted by Crippen LogP contribution is -2.32. The van der Waals surface area contributed by atoms with Crippen LogP contribution in [0.25, 0.3) is 0 Å². The summed E-state index contributed by atoms with van der Waals surface area (Å²) in [7, 11) is -4.07. The molecule has 0 aliphatic carbocycles. The third-order valence-electron chi connectivity index (χ3n) is 6.31. The molecule has 0 unspecified atom stereocenters. The van der Waals surface area contributed by atoms with Gasteiger partial charge in [-0.1, -0.05) is 117 Å². The van der Waals surface area contributed by atoms with Gasteiger partial charge in [0.25, 0.3) is 0 Å². The van der Waals surface area contributed by atoms with E-state index in [-0.39, 0.29) is 0 Å². The largest absolute Gasteiger partial charge is 0.335 e. The Morgan fingerprint density at radius 1 is 0.531 bits per heavy atom. The number of nitrogens with zero attached hydrogens (tertiary/aromatic N) is 1. The van der Waals surface area contributed by atoms with Gasteiger partial charge < -0.3 is 5.32 Å². The lowest BCUT2D eigenvalue weighted by atomic mass is 10.0. The molecule has 0 rings (SSSR count). The predicted octanol–water partition coefficient (Wildman–Crippen LogP) is 7.52. The zero-order chi connectivity index (χ0) is 23.8. The van der Waals surface area contributed by atoms with Crippen LogP contribution in [0.3, 0.4) is 0 Å². The Balaban J connectivity index is 3.50. The minimum absolute atomic E-state index is 0.424. The summed E-state index contributed by atoms with van der Waals surface area (Å²) < 4.78 is 33.9. The fourth-order valence-electron chi connectivity index (χ4n) is 4.14. The van der Waals surface area contributed by atoms with Crippen LogP contribution in [0.1, 0.15) is 142 Å². The van der Waals surface area contributed by atoms with Crippen LogP contribution >= 0.6 is 0 Å². The number of rotatable bonds is 26. The molecular weight excluding hydrogens is 420 g/mol. The highest BCUT2D eigenvalue weighted by Gasteiger charge is 2.17. The number of hydrogen-bond acceptors (Lipinski definition) is 3. The first kappa shape index (κ1) is 31.8. The monoisotopic (exact) mass is 476 g/mol. The molecule has 0 aromatic heterocycles. The van der Waals surface area contributed by atoms with Gasteiger partial charge in [0, 0.05) is 13.1 Å². The number of nitrogens with one attached hydrogen (secondary N) is 1. The summed E-state index contributed by atoms with van der Waals surface area (Å²) in [6.07, 6.45) is 25.0. The van der Waals surface area contributed by atoms with E-state index < -0.39 is 10.3 Å². The second-order valence-electron chi connectivity index (χ2n) is 9.49. The fourth-order valence-corrected chi connectivity index (χ4v) is 4.86. The van der Waals surface area contributed by atoms with E-state index in [2.05, 4.69) is 19.2 Å². The second-order valence-corrected chi connectivity index (χ2v) is 10.9. The molecule has 0 saturated heterocycles. The minimum atomic E-state index is -4.07. The van der Waals surface area contributed by atoms with E-state index in [1.54, 1.807) is 0 Å². The molecule has 0 aromatic rings. The van der Waals surface area contributed by atoms with Crippen LogP contribution in [-0.4, -0.2) is 43.5 Å². The number of unbranched alkanes of at least 4 members (excludes halogenated alkanes) is 17. The quantitative estimate of drug-likeness (QED) is 0.1000. The third kappa shape index (κ3) is 23.0. The van der Waals surface area contributed by atoms with Crippen molar-refractivity contribution in [2.75, 3.05) is 26.2 Å². The van der Waals surface area contributed by atoms with Crippen LogP contribution in [0.2, 0.25) is 0 Å². The fraction of sp³-hybridized carbons (Fsp3) is 1.00. The Morgan fingerprint density at radius 2 is 0.875 bits per heavy atom. The van der Waals surface area contributed by atoms with Gasteiger partial charge in [-0.25, -0.2) is 0 Å². The normalized spacial score (nSPS) is 12.1. The summed E-state index contributed by atoms with van der Waals surface area (Å²) in [5.74, 6) is 0. The molecule has 0 radical (unpaired) electrons. The summed E-state index contributed by atoms with van der Waals surface area (Å²) in [6, 6.07) is 0. The first-order chi connectivity index (χ1) is 15.5. The van der Waals surface area contributed by atoms with Gasteiger partial charge in [0.05, 0.1) is 0 Å². The van der Waals surface area contributed by atoms with Gasteiger partial charge in [0.15, 0.2) is 0 Å². The molecule has 0 bridgehead atoms. The van der Waals surface area contributed by atoms with Crippen molar-refractivity contribution in [2.24, 2.45) is 0 Å². The Morgan fingerprint density at radius 3 is 1.28 bits per heavy atom. The standard InChI is InChI=1S/C26H56N2O3S/c1-3-5-7-8-9-10-11-12-13-14-15-16-17-18-19-21-25-28(32(29,30)31)26-22-20-24-27-23-6-4-2/h27H,3-26H2,1-2H3,(H,29,30,31). The average molecular weight is 477 g/mol. The van der Waals surface area contributed by atoms with E-state index in [9.17, 15) is 13.0 Å². The summed E-state index contributed by atoms with van der Waals surface area (Å²) >= 11 is 0. The minimum Gasteiger partial charge on any atom is -0.317 e. The number of hydrogen-bond donors (Lipinski definition) is 2. The molecule has 32 heavy (non-hydrogen) atoms. The van der Waals surface area contributed by atoms with Gasteiger partial charge in [0.2, 0.25) is 0 Å². The summed E-state index contributed by atoms with van der Waals surface area (Å²) in [5, 5.41) is 3.37. The van der Waals surface area contributed by atoms with Gasteiger partial charge in [-0.2, -0.15) is 12.7 Å². The smallest absolute Gasteiger partial charge is 0.317 e. The molecule has 0 amide bonds. The summed E-state index contributed by atoms with van der Waals surface area (Å²) in [6.45, 7) is 7.25. The molecule has 0 atom stereocenters. The maximum absolute atomic E-state index is 11.6. The highest BCUT2D eigenvalue weighted by Crippen LogP contribution is 2.14. The Bertz CT molecular complexity index is 472. The molecule has 0 aliphatic rings. The Hall–Kier alpha value is -0.170. The van der Waals surface area contributed by atoms with E-state index in [0.29, 0.717) is 13.1 Å². The van der Waals surface area contributed by atoms with E-state index in [1.807, 2.05) is 0 Å². The van der Waals surface area contributed by atoms with Gasteiger partial charge in [-0.3, -0.25) is 4.55 Å². The maximum Gasteiger partial charge on any atom is 0.335 e. The highest BCUT2D eigenvalue weighted by molar-refractivity contribution is 7.83. The SMILES string of the molecule is CCCCCCCCCCCCCCCCCCN(CCCCNCCCC)S(=O)(=O)O. The molecule has 0 heterocycles. The molecule has 0 aliphatic heterocycles. The van der Waals surface area contributed by atoms with E-state index >= 15 is 0 Å². The summed E-state index contributed by atoms with van der Waals surface area (Å²) in [4.78, 5) is 0. The van der Waals surface area contributed by atoms with Crippen molar-refractivity contribution >= 4 is 10.3 Å². The van der Waals surface area contributed by atoms with Crippen molar-refractivity contribution in [3.8, 4) is 0 Å². The van der Waals surface area contributed by atoms with Gasteiger partial charge >= 0.3 is 10.3 Å². The van der Waals surface area contributed by atoms with E-state index in [1.165, 1.54) is 107 Å². The van der Waals surface area contributed by atoms with Crippen LogP contribution in [0, 0.1) is 0 Å². The molecule has 6 heteroatoms. The predicted molar refractivity (Wildman–Crippen MR) is 140 cm³/mol. The first-order valence-corrected chi connectivity index (χ1v) is 15.3. The Labute approximate surface area is 201 Å². The second kappa shape index (κ2) is 24.0. The molecule has 5 nitrogen and oxygen atoms in total. The van der Waals surface area contributed by atoms with Gasteiger partial charge in [-0.05, 0) is 38.8 Å². The average Bonchev–Trinajstić information content (AvgIpc) is 2.75. The van der Waals surface area contributed by atoms with E-state index in [4.69, 9.17) is 0 Å². The molecule has 194 valence electrons. The molecule has 0 saturated carbocycles. The van der Waals surface area contributed by atoms with E-state index in [0.717, 1.165) is 38.8 Å². The Kier molecular flexibility index (Phi) is 23.8. The topological polar surface area (TPSA) is 69.6 Å². The van der Waals surface area contributed by atoms with Crippen molar-refractivity contribution in [1.82, 2.24) is 9.62 Å². The van der Waals surface area contributed by atoms with Crippen LogP contribution in [0.4, 0.5) is 0 Å².